The molecule has 0 aliphatic rings. The molecule has 132 valence electrons. The molecule has 0 radical (unpaired) electrons. The molecule has 1 heterocycles. The van der Waals surface area contributed by atoms with E-state index in [-0.39, 0.29) is 0 Å². The summed E-state index contributed by atoms with van der Waals surface area (Å²) < 4.78 is 13.7. The number of hydrogen-bond donors (Lipinski definition) is 1. The first-order valence-corrected chi connectivity index (χ1v) is 9.48. The SMILES string of the molecule is CCOc1cc(CNCCCSc2nnnn2C)c(Br)cc1OC. The maximum absolute atomic E-state index is 5.62. The lowest BCUT2D eigenvalue weighted by Crippen LogP contribution is -2.16. The Morgan fingerprint density at radius 1 is 1.33 bits per heavy atom. The summed E-state index contributed by atoms with van der Waals surface area (Å²) >= 11 is 5.24. The zero-order valence-electron chi connectivity index (χ0n) is 14.1. The van der Waals surface area contributed by atoms with E-state index >= 15 is 0 Å². The Morgan fingerprint density at radius 2 is 2.17 bits per heavy atom. The van der Waals surface area contributed by atoms with E-state index in [1.807, 2.05) is 26.1 Å². The fraction of sp³-hybridized carbons (Fsp3) is 0.533. The molecule has 0 saturated heterocycles. The summed E-state index contributed by atoms with van der Waals surface area (Å²) in [4.78, 5) is 0. The van der Waals surface area contributed by atoms with Gasteiger partial charge in [0, 0.05) is 23.8 Å². The number of nitrogens with one attached hydrogen (secondary N) is 1. The lowest BCUT2D eigenvalue weighted by Gasteiger charge is -2.13. The van der Waals surface area contributed by atoms with Gasteiger partial charge in [0.1, 0.15) is 0 Å². The van der Waals surface area contributed by atoms with Crippen LogP contribution < -0.4 is 14.8 Å². The van der Waals surface area contributed by atoms with Crippen molar-refractivity contribution in [3.8, 4) is 11.5 Å². The van der Waals surface area contributed by atoms with Gasteiger partial charge in [-0.05, 0) is 48.0 Å². The molecule has 2 rings (SSSR count). The molecule has 0 saturated carbocycles. The predicted octanol–water partition coefficient (Wildman–Crippen LogP) is 2.65. The Hall–Kier alpha value is -1.32. The molecule has 1 N–H and O–H groups in total. The van der Waals surface area contributed by atoms with Gasteiger partial charge in [-0.2, -0.15) is 0 Å². The number of methoxy groups -OCH3 is 1. The second-order valence-electron chi connectivity index (χ2n) is 4.99. The maximum atomic E-state index is 5.62. The van der Waals surface area contributed by atoms with E-state index in [9.17, 15) is 0 Å². The molecule has 0 atom stereocenters. The van der Waals surface area contributed by atoms with Gasteiger partial charge in [0.25, 0.3) is 0 Å². The molecule has 1 aromatic heterocycles. The number of rotatable bonds is 10. The van der Waals surface area contributed by atoms with Crippen LogP contribution in [0.4, 0.5) is 0 Å². The minimum atomic E-state index is 0.610. The van der Waals surface area contributed by atoms with Gasteiger partial charge in [-0.1, -0.05) is 27.7 Å². The van der Waals surface area contributed by atoms with Crippen LogP contribution in [0, 0.1) is 0 Å². The van der Waals surface area contributed by atoms with Crippen molar-refractivity contribution in [3.05, 3.63) is 22.2 Å². The summed E-state index contributed by atoms with van der Waals surface area (Å²) in [5, 5.41) is 15.7. The average Bonchev–Trinajstić information content (AvgIpc) is 2.98. The molecule has 9 heteroatoms. The number of hydrogen-bond acceptors (Lipinski definition) is 7. The van der Waals surface area contributed by atoms with Gasteiger partial charge in [0.2, 0.25) is 5.16 Å². The maximum Gasteiger partial charge on any atom is 0.209 e. The van der Waals surface area contributed by atoms with Crippen LogP contribution in [0.3, 0.4) is 0 Å². The van der Waals surface area contributed by atoms with Gasteiger partial charge in [0.15, 0.2) is 11.5 Å². The van der Waals surface area contributed by atoms with E-state index in [2.05, 4.69) is 36.8 Å². The third-order valence-electron chi connectivity index (χ3n) is 3.26. The van der Waals surface area contributed by atoms with Crippen LogP contribution >= 0.6 is 27.7 Å². The van der Waals surface area contributed by atoms with Crippen molar-refractivity contribution < 1.29 is 9.47 Å². The number of halogens is 1. The fourth-order valence-corrected chi connectivity index (χ4v) is 3.32. The monoisotopic (exact) mass is 415 g/mol. The molecule has 0 bridgehead atoms. The molecule has 0 spiro atoms. The van der Waals surface area contributed by atoms with Gasteiger partial charge in [0.05, 0.1) is 13.7 Å². The van der Waals surface area contributed by atoms with E-state index in [1.54, 1.807) is 23.6 Å². The molecule has 0 amide bonds. The minimum absolute atomic E-state index is 0.610. The third-order valence-corrected chi connectivity index (χ3v) is 5.09. The Kier molecular flexibility index (Phi) is 7.80. The summed E-state index contributed by atoms with van der Waals surface area (Å²) in [5.74, 6) is 2.47. The molecule has 1 aromatic carbocycles. The topological polar surface area (TPSA) is 74.1 Å². The van der Waals surface area contributed by atoms with Gasteiger partial charge in [-0.25, -0.2) is 4.68 Å². The van der Waals surface area contributed by atoms with Gasteiger partial charge in [-0.3, -0.25) is 0 Å². The van der Waals surface area contributed by atoms with Crippen molar-refractivity contribution in [2.24, 2.45) is 7.05 Å². The molecule has 2 aromatic rings. The van der Waals surface area contributed by atoms with Crippen molar-refractivity contribution in [2.45, 2.75) is 25.0 Å². The first kappa shape index (κ1) is 19.0. The Labute approximate surface area is 154 Å². The zero-order valence-corrected chi connectivity index (χ0v) is 16.5. The van der Waals surface area contributed by atoms with Crippen LogP contribution in [-0.2, 0) is 13.6 Å². The van der Waals surface area contributed by atoms with Crippen LogP contribution in [0.5, 0.6) is 11.5 Å². The van der Waals surface area contributed by atoms with Crippen molar-refractivity contribution in [1.82, 2.24) is 25.5 Å². The fourth-order valence-electron chi connectivity index (χ4n) is 2.07. The number of nitrogens with zero attached hydrogens (tertiary/aromatic N) is 4. The summed E-state index contributed by atoms with van der Waals surface area (Å²) in [5.41, 5.74) is 1.14. The molecular weight excluding hydrogens is 394 g/mol. The molecule has 0 aliphatic carbocycles. The second-order valence-corrected chi connectivity index (χ2v) is 6.91. The molecular formula is C15H22BrN5O2S. The molecule has 7 nitrogen and oxygen atoms in total. The largest absolute Gasteiger partial charge is 0.493 e. The summed E-state index contributed by atoms with van der Waals surface area (Å²) in [6.07, 6.45) is 1.03. The third kappa shape index (κ3) is 5.35. The first-order valence-electron chi connectivity index (χ1n) is 7.70. The van der Waals surface area contributed by atoms with Crippen LogP contribution in [0.2, 0.25) is 0 Å². The smallest absolute Gasteiger partial charge is 0.209 e. The summed E-state index contributed by atoms with van der Waals surface area (Å²) in [7, 11) is 3.49. The van der Waals surface area contributed by atoms with E-state index in [0.29, 0.717) is 6.61 Å². The highest BCUT2D eigenvalue weighted by atomic mass is 79.9. The van der Waals surface area contributed by atoms with E-state index < -0.39 is 0 Å². The lowest BCUT2D eigenvalue weighted by atomic mass is 10.2. The number of aromatic nitrogens is 4. The van der Waals surface area contributed by atoms with Crippen LogP contribution in [-0.4, -0.2) is 46.2 Å². The molecule has 24 heavy (non-hydrogen) atoms. The van der Waals surface area contributed by atoms with Crippen molar-refractivity contribution in [2.75, 3.05) is 26.0 Å². The van der Waals surface area contributed by atoms with Crippen LogP contribution in [0.25, 0.3) is 0 Å². The van der Waals surface area contributed by atoms with Gasteiger partial charge < -0.3 is 14.8 Å². The quantitative estimate of drug-likeness (QED) is 0.472. The predicted molar refractivity (Wildman–Crippen MR) is 97.7 cm³/mol. The lowest BCUT2D eigenvalue weighted by molar-refractivity contribution is 0.310. The number of thioether (sulfide) groups is 1. The first-order chi connectivity index (χ1) is 11.7. The second kappa shape index (κ2) is 9.85. The Bertz CT molecular complexity index is 653. The number of ether oxygens (including phenoxy) is 2. The van der Waals surface area contributed by atoms with Crippen molar-refractivity contribution in [3.63, 3.8) is 0 Å². The van der Waals surface area contributed by atoms with E-state index in [1.165, 1.54) is 0 Å². The average molecular weight is 416 g/mol. The van der Waals surface area contributed by atoms with E-state index in [0.717, 1.165) is 52.0 Å². The standard InChI is InChI=1S/C15H22BrN5O2S/c1-4-23-14-8-11(12(16)9-13(14)22-3)10-17-6-5-7-24-15-18-19-20-21(15)2/h8-9,17H,4-7,10H2,1-3H3. The van der Waals surface area contributed by atoms with Crippen LogP contribution in [0.1, 0.15) is 18.9 Å². The highest BCUT2D eigenvalue weighted by Crippen LogP contribution is 2.33. The van der Waals surface area contributed by atoms with Gasteiger partial charge >= 0.3 is 0 Å². The highest BCUT2D eigenvalue weighted by molar-refractivity contribution is 9.10. The van der Waals surface area contributed by atoms with Crippen molar-refractivity contribution >= 4 is 27.7 Å². The number of tetrazole rings is 1. The van der Waals surface area contributed by atoms with E-state index in [4.69, 9.17) is 9.47 Å². The molecule has 0 aliphatic heterocycles. The molecule has 0 unspecified atom stereocenters. The number of aryl methyl sites for hydroxylation is 1. The van der Waals surface area contributed by atoms with Gasteiger partial charge in [-0.15, -0.1) is 5.10 Å². The molecule has 0 fully saturated rings. The Balaban J connectivity index is 1.77. The Morgan fingerprint density at radius 3 is 2.83 bits per heavy atom. The highest BCUT2D eigenvalue weighted by Gasteiger charge is 2.10. The summed E-state index contributed by atoms with van der Waals surface area (Å²) in [6, 6.07) is 3.96. The zero-order chi connectivity index (χ0) is 17.4. The van der Waals surface area contributed by atoms with Crippen molar-refractivity contribution in [1.29, 1.82) is 0 Å². The normalized spacial score (nSPS) is 10.8. The number of benzene rings is 1. The van der Waals surface area contributed by atoms with Crippen LogP contribution in [0.15, 0.2) is 21.8 Å². The minimum Gasteiger partial charge on any atom is -0.493 e. The summed E-state index contributed by atoms with van der Waals surface area (Å²) in [6.45, 7) is 4.25.